The molecule has 0 saturated heterocycles. The number of hydrogen-bond donors (Lipinski definition) is 0. The summed E-state index contributed by atoms with van der Waals surface area (Å²) in [5, 5.41) is 4.07. The number of hydrogen-bond acceptors (Lipinski definition) is 4. The highest BCUT2D eigenvalue weighted by atomic mass is 16.3. The predicted octanol–water partition coefficient (Wildman–Crippen LogP) is 11.5. The van der Waals surface area contributed by atoms with Gasteiger partial charge in [-0.3, -0.25) is 0 Å². The van der Waals surface area contributed by atoms with Crippen molar-refractivity contribution in [2.75, 3.05) is 0 Å². The molecular formula is C45H28N4O. The van der Waals surface area contributed by atoms with Gasteiger partial charge in [0, 0.05) is 43.9 Å². The lowest BCUT2D eigenvalue weighted by atomic mass is 10.0. The van der Waals surface area contributed by atoms with E-state index in [-0.39, 0.29) is 12.1 Å². The van der Waals surface area contributed by atoms with E-state index < -0.39 is 0 Å². The molecule has 0 saturated carbocycles. The summed E-state index contributed by atoms with van der Waals surface area (Å²) in [6, 6.07) is 52.4. The fourth-order valence-electron chi connectivity index (χ4n) is 6.89. The Morgan fingerprint density at radius 2 is 1.02 bits per heavy atom. The van der Waals surface area contributed by atoms with Crippen LogP contribution in [0.15, 0.2) is 174 Å². The van der Waals surface area contributed by atoms with E-state index in [4.69, 9.17) is 20.7 Å². The minimum atomic E-state index is 0.259. The fourth-order valence-corrected chi connectivity index (χ4v) is 6.89. The Morgan fingerprint density at radius 3 is 1.78 bits per heavy atom. The molecule has 3 aromatic heterocycles. The molecule has 0 atom stereocenters. The monoisotopic (exact) mass is 642 g/mol. The predicted molar refractivity (Wildman–Crippen MR) is 203 cm³/mol. The Hall–Kier alpha value is -6.85. The number of furan rings is 1. The second kappa shape index (κ2) is 11.4. The van der Waals surface area contributed by atoms with Crippen molar-refractivity contribution >= 4 is 43.7 Å². The van der Waals surface area contributed by atoms with Gasteiger partial charge < -0.3 is 8.98 Å². The summed E-state index contributed by atoms with van der Waals surface area (Å²) in [6.07, 6.45) is 0. The van der Waals surface area contributed by atoms with Gasteiger partial charge in [0.1, 0.15) is 11.2 Å². The van der Waals surface area contributed by atoms with Gasteiger partial charge in [0.2, 0.25) is 0 Å². The molecule has 7 aromatic carbocycles. The van der Waals surface area contributed by atoms with Crippen LogP contribution in [0.5, 0.6) is 0 Å². The van der Waals surface area contributed by atoms with Gasteiger partial charge >= 0.3 is 0 Å². The maximum Gasteiger partial charge on any atom is 0.164 e. The number of fused-ring (bicyclic) bond motifs is 6. The molecule has 0 N–H and O–H groups in total. The van der Waals surface area contributed by atoms with Crippen LogP contribution in [-0.2, 0) is 0 Å². The van der Waals surface area contributed by atoms with Crippen LogP contribution in [0.4, 0.5) is 0 Å². The van der Waals surface area contributed by atoms with E-state index in [1.165, 1.54) is 0 Å². The zero-order valence-corrected chi connectivity index (χ0v) is 26.7. The second-order valence-corrected chi connectivity index (χ2v) is 12.3. The van der Waals surface area contributed by atoms with Crippen LogP contribution in [-0.4, -0.2) is 19.5 Å². The molecule has 0 aliphatic rings. The van der Waals surface area contributed by atoms with Crippen LogP contribution in [0, 0.1) is 0 Å². The Balaban J connectivity index is 1.16. The second-order valence-electron chi connectivity index (χ2n) is 12.3. The van der Waals surface area contributed by atoms with Crippen molar-refractivity contribution < 1.29 is 7.16 Å². The highest BCUT2D eigenvalue weighted by Gasteiger charge is 2.17. The molecule has 0 bridgehead atoms. The summed E-state index contributed by atoms with van der Waals surface area (Å²) in [5.74, 6) is 1.71. The molecule has 0 aliphatic carbocycles. The normalized spacial score (nSPS) is 12.2. The SMILES string of the molecule is [2H]c1ccc(-c2cccc(-c3nc(-c4ccccc4)nc(-c4ccccc4)n3)c2)c([2H])c1-n1c2ccccc2c2cc3oc4ccccc4c3cc21. The summed E-state index contributed by atoms with van der Waals surface area (Å²) >= 11 is 0. The number of aromatic nitrogens is 4. The molecule has 0 amide bonds. The van der Waals surface area contributed by atoms with E-state index in [9.17, 15) is 1.37 Å². The zero-order chi connectivity index (χ0) is 34.8. The number of rotatable bonds is 5. The molecule has 3 heterocycles. The van der Waals surface area contributed by atoms with E-state index in [2.05, 4.69) is 34.9 Å². The van der Waals surface area contributed by atoms with Gasteiger partial charge in [-0.1, -0.05) is 127 Å². The Morgan fingerprint density at radius 1 is 0.420 bits per heavy atom. The van der Waals surface area contributed by atoms with Gasteiger partial charge in [-0.15, -0.1) is 0 Å². The fraction of sp³-hybridized carbons (Fsp3) is 0. The number of para-hydroxylation sites is 2. The molecule has 0 aliphatic heterocycles. The maximum absolute atomic E-state index is 9.68. The molecule has 10 rings (SSSR count). The van der Waals surface area contributed by atoms with Gasteiger partial charge in [-0.05, 0) is 53.5 Å². The van der Waals surface area contributed by atoms with Crippen LogP contribution in [0.3, 0.4) is 0 Å². The third-order valence-corrected chi connectivity index (χ3v) is 9.25. The van der Waals surface area contributed by atoms with Crippen LogP contribution < -0.4 is 0 Å². The van der Waals surface area contributed by atoms with E-state index in [1.807, 2.05) is 121 Å². The van der Waals surface area contributed by atoms with Gasteiger partial charge in [0.25, 0.3) is 0 Å². The van der Waals surface area contributed by atoms with Crippen LogP contribution >= 0.6 is 0 Å². The third kappa shape index (κ3) is 4.67. The Kier molecular flexibility index (Phi) is 5.96. The quantitative estimate of drug-likeness (QED) is 0.187. The van der Waals surface area contributed by atoms with Crippen LogP contribution in [0.2, 0.25) is 0 Å². The van der Waals surface area contributed by atoms with E-state index in [0.29, 0.717) is 28.7 Å². The Labute approximate surface area is 290 Å². The summed E-state index contributed by atoms with van der Waals surface area (Å²) in [4.78, 5) is 14.7. The van der Waals surface area contributed by atoms with Crippen molar-refractivity contribution in [2.24, 2.45) is 0 Å². The Bertz CT molecular complexity index is 2930. The molecule has 50 heavy (non-hydrogen) atoms. The van der Waals surface area contributed by atoms with Crippen LogP contribution in [0.1, 0.15) is 2.74 Å². The van der Waals surface area contributed by atoms with Gasteiger partial charge in [-0.2, -0.15) is 0 Å². The summed E-state index contributed by atoms with van der Waals surface area (Å²) in [6.45, 7) is 0. The number of benzene rings is 7. The molecule has 0 fully saturated rings. The lowest BCUT2D eigenvalue weighted by molar-refractivity contribution is 0.669. The lowest BCUT2D eigenvalue weighted by Gasteiger charge is -2.12. The van der Waals surface area contributed by atoms with Crippen molar-refractivity contribution in [1.82, 2.24) is 19.5 Å². The van der Waals surface area contributed by atoms with Gasteiger partial charge in [0.15, 0.2) is 17.5 Å². The van der Waals surface area contributed by atoms with Crippen molar-refractivity contribution in [3.63, 3.8) is 0 Å². The zero-order valence-electron chi connectivity index (χ0n) is 28.7. The first-order valence-electron chi connectivity index (χ1n) is 17.5. The molecule has 5 nitrogen and oxygen atoms in total. The smallest absolute Gasteiger partial charge is 0.164 e. The standard InChI is InChI=1S/C45H28N4O/c1-3-13-29(14-4-1)43-46-44(30-15-5-2-6-16-30)48-45(47-43)33-19-11-17-31(25-33)32-18-12-20-34(26-32)49-39-23-9-7-21-35(39)37-28-42-38(27-40(37)49)36-22-8-10-24-41(36)50-42/h1-28H/i20D,26D. The van der Waals surface area contributed by atoms with Gasteiger partial charge in [-0.25, -0.2) is 15.0 Å². The largest absolute Gasteiger partial charge is 0.456 e. The molecule has 0 unspecified atom stereocenters. The first-order chi connectivity index (χ1) is 25.6. The lowest BCUT2D eigenvalue weighted by Crippen LogP contribution is -2.00. The molecule has 0 radical (unpaired) electrons. The first-order valence-corrected chi connectivity index (χ1v) is 16.5. The number of nitrogens with zero attached hydrogens (tertiary/aromatic N) is 4. The summed E-state index contributed by atoms with van der Waals surface area (Å²) in [5.41, 5.74) is 8.12. The minimum absolute atomic E-state index is 0.259. The average Bonchev–Trinajstić information content (AvgIpc) is 3.72. The highest BCUT2D eigenvalue weighted by Crippen LogP contribution is 2.39. The average molecular weight is 643 g/mol. The topological polar surface area (TPSA) is 56.7 Å². The van der Waals surface area contributed by atoms with Gasteiger partial charge in [0.05, 0.1) is 13.8 Å². The van der Waals surface area contributed by atoms with E-state index >= 15 is 0 Å². The third-order valence-electron chi connectivity index (χ3n) is 9.25. The van der Waals surface area contributed by atoms with Crippen LogP contribution in [0.25, 0.3) is 94.7 Å². The summed E-state index contributed by atoms with van der Waals surface area (Å²) < 4.78 is 27.2. The minimum Gasteiger partial charge on any atom is -0.456 e. The first kappa shape index (κ1) is 26.1. The highest BCUT2D eigenvalue weighted by molar-refractivity contribution is 6.17. The summed E-state index contributed by atoms with van der Waals surface area (Å²) in [7, 11) is 0. The molecule has 10 aromatic rings. The maximum atomic E-state index is 9.68. The van der Waals surface area contributed by atoms with Crippen molar-refractivity contribution in [1.29, 1.82) is 0 Å². The van der Waals surface area contributed by atoms with Crippen molar-refractivity contribution in [3.05, 3.63) is 170 Å². The van der Waals surface area contributed by atoms with Crippen molar-refractivity contribution in [3.8, 4) is 51.0 Å². The van der Waals surface area contributed by atoms with E-state index in [0.717, 1.165) is 66.0 Å². The molecule has 5 heteroatoms. The van der Waals surface area contributed by atoms with E-state index in [1.54, 1.807) is 6.07 Å². The molecular weight excluding hydrogens is 613 g/mol. The molecule has 0 spiro atoms. The molecule has 234 valence electrons. The van der Waals surface area contributed by atoms with Crippen molar-refractivity contribution in [2.45, 2.75) is 0 Å².